The van der Waals surface area contributed by atoms with Gasteiger partial charge in [0.1, 0.15) is 0 Å². The molecule has 0 atom stereocenters. The maximum Gasteiger partial charge on any atom is 0.305 e. The molecule has 0 aliphatic carbocycles. The molecule has 5 heteroatoms. The van der Waals surface area contributed by atoms with E-state index in [1.165, 1.54) is 0 Å². The monoisotopic (exact) mass is 505 g/mol. The van der Waals surface area contributed by atoms with Crippen molar-refractivity contribution >= 4 is 0 Å². The minimum atomic E-state index is -1.09. The summed E-state index contributed by atoms with van der Waals surface area (Å²) in [5, 5.41) is 0. The number of hydrogen-bond acceptors (Lipinski definition) is 5. The van der Waals surface area contributed by atoms with E-state index in [-0.39, 0.29) is 0 Å². The Morgan fingerprint density at radius 1 is 0.385 bits per heavy atom. The van der Waals surface area contributed by atoms with Crippen molar-refractivity contribution in [3.63, 3.8) is 0 Å². The number of aromatic nitrogens is 3. The maximum absolute atomic E-state index is 6.67. The van der Waals surface area contributed by atoms with Crippen molar-refractivity contribution in [1.82, 2.24) is 15.0 Å². The van der Waals surface area contributed by atoms with Crippen LogP contribution in [0, 0.1) is 0 Å². The summed E-state index contributed by atoms with van der Waals surface area (Å²) in [7, 11) is 0. The van der Waals surface area contributed by atoms with Crippen LogP contribution in [0.25, 0.3) is 34.2 Å². The van der Waals surface area contributed by atoms with E-state index in [9.17, 15) is 0 Å². The molecule has 0 saturated heterocycles. The Morgan fingerprint density at radius 2 is 0.795 bits per heavy atom. The third-order valence-corrected chi connectivity index (χ3v) is 6.72. The fraction of sp³-hybridized carbons (Fsp3) is 0.0294. The van der Waals surface area contributed by atoms with Gasteiger partial charge in [0.05, 0.1) is 0 Å². The molecule has 7 rings (SSSR count). The van der Waals surface area contributed by atoms with E-state index < -0.39 is 5.79 Å². The summed E-state index contributed by atoms with van der Waals surface area (Å²) in [6.07, 6.45) is 0. The Balaban J connectivity index is 1.34. The summed E-state index contributed by atoms with van der Waals surface area (Å²) < 4.78 is 13.2. The molecule has 5 aromatic carbocycles. The smallest absolute Gasteiger partial charge is 0.305 e. The van der Waals surface area contributed by atoms with Crippen LogP contribution in [-0.4, -0.2) is 15.0 Å². The molecule has 5 nitrogen and oxygen atoms in total. The van der Waals surface area contributed by atoms with Crippen LogP contribution in [0.5, 0.6) is 11.5 Å². The molecular formula is C34H23N3O2. The summed E-state index contributed by atoms with van der Waals surface area (Å²) in [6, 6.07) is 45.7. The van der Waals surface area contributed by atoms with Crippen LogP contribution in [-0.2, 0) is 5.79 Å². The topological polar surface area (TPSA) is 57.1 Å². The first kappa shape index (κ1) is 22.9. The number of rotatable bonds is 5. The van der Waals surface area contributed by atoms with Gasteiger partial charge in [0.2, 0.25) is 0 Å². The summed E-state index contributed by atoms with van der Waals surface area (Å²) in [4.78, 5) is 14.5. The van der Waals surface area contributed by atoms with E-state index in [1.54, 1.807) is 0 Å². The van der Waals surface area contributed by atoms with Crippen LogP contribution >= 0.6 is 0 Å². The summed E-state index contributed by atoms with van der Waals surface area (Å²) in [6.45, 7) is 0. The summed E-state index contributed by atoms with van der Waals surface area (Å²) >= 11 is 0. The van der Waals surface area contributed by atoms with Crippen molar-refractivity contribution in [3.8, 4) is 45.7 Å². The molecule has 6 aromatic rings. The van der Waals surface area contributed by atoms with Crippen LogP contribution in [0.2, 0.25) is 0 Å². The second-order valence-electron chi connectivity index (χ2n) is 9.25. The molecular weight excluding hydrogens is 482 g/mol. The molecule has 1 aromatic heterocycles. The van der Waals surface area contributed by atoms with Crippen LogP contribution in [0.4, 0.5) is 0 Å². The molecule has 1 aliphatic heterocycles. The summed E-state index contributed by atoms with van der Waals surface area (Å²) in [5.74, 6) is 1.98. The highest BCUT2D eigenvalue weighted by Gasteiger charge is 2.45. The van der Waals surface area contributed by atoms with Crippen molar-refractivity contribution < 1.29 is 9.47 Å². The predicted molar refractivity (Wildman–Crippen MR) is 151 cm³/mol. The number of hydrogen-bond donors (Lipinski definition) is 0. The number of fused-ring (bicyclic) bond motifs is 1. The first-order chi connectivity index (χ1) is 19.3. The first-order valence-electron chi connectivity index (χ1n) is 12.8. The zero-order valence-electron chi connectivity index (χ0n) is 20.9. The maximum atomic E-state index is 6.67. The lowest BCUT2D eigenvalue weighted by molar-refractivity contribution is -0.0459. The second-order valence-corrected chi connectivity index (χ2v) is 9.25. The molecule has 2 heterocycles. The van der Waals surface area contributed by atoms with Crippen molar-refractivity contribution in [2.75, 3.05) is 0 Å². The van der Waals surface area contributed by atoms with Gasteiger partial charge in [-0.05, 0) is 18.2 Å². The predicted octanol–water partition coefficient (Wildman–Crippen LogP) is 7.55. The first-order valence-corrected chi connectivity index (χ1v) is 12.8. The van der Waals surface area contributed by atoms with Gasteiger partial charge in [-0.1, -0.05) is 121 Å². The van der Waals surface area contributed by atoms with Gasteiger partial charge in [-0.2, -0.15) is 0 Å². The van der Waals surface area contributed by atoms with E-state index in [2.05, 4.69) is 0 Å². The van der Waals surface area contributed by atoms with Gasteiger partial charge in [0, 0.05) is 27.8 Å². The molecule has 0 unspecified atom stereocenters. The molecule has 0 bridgehead atoms. The van der Waals surface area contributed by atoms with Crippen molar-refractivity contribution in [2.45, 2.75) is 5.79 Å². The minimum absolute atomic E-state index is 0.561. The number of ether oxygens (including phenoxy) is 2. The Hall–Kier alpha value is -5.29. The minimum Gasteiger partial charge on any atom is -0.440 e. The second kappa shape index (κ2) is 9.54. The van der Waals surface area contributed by atoms with Crippen molar-refractivity contribution in [2.24, 2.45) is 0 Å². The molecule has 0 saturated carbocycles. The largest absolute Gasteiger partial charge is 0.440 e. The Morgan fingerprint density at radius 3 is 1.28 bits per heavy atom. The highest BCUT2D eigenvalue weighted by Crippen LogP contribution is 2.48. The van der Waals surface area contributed by atoms with E-state index in [1.807, 2.05) is 140 Å². The number of benzene rings is 5. The van der Waals surface area contributed by atoms with Gasteiger partial charge in [-0.3, -0.25) is 0 Å². The molecule has 0 N–H and O–H groups in total. The normalized spacial score (nSPS) is 13.2. The molecule has 0 amide bonds. The lowest BCUT2D eigenvalue weighted by Crippen LogP contribution is -2.36. The van der Waals surface area contributed by atoms with Gasteiger partial charge in [-0.25, -0.2) is 15.0 Å². The molecule has 0 radical (unpaired) electrons. The SMILES string of the molecule is c1ccc(-c2nc(-c3ccccc3)nc(-c3ccc4c(c3)OC(c3ccccc3)(c3ccccc3)O4)n2)cc1. The molecule has 186 valence electrons. The average molecular weight is 506 g/mol. The van der Waals surface area contributed by atoms with E-state index in [0.29, 0.717) is 29.0 Å². The zero-order valence-corrected chi connectivity index (χ0v) is 20.9. The fourth-order valence-electron chi connectivity index (χ4n) is 4.80. The van der Waals surface area contributed by atoms with Gasteiger partial charge >= 0.3 is 5.79 Å². The van der Waals surface area contributed by atoms with Crippen molar-refractivity contribution in [1.29, 1.82) is 0 Å². The highest BCUT2D eigenvalue weighted by atomic mass is 16.7. The van der Waals surface area contributed by atoms with E-state index in [0.717, 1.165) is 27.8 Å². The van der Waals surface area contributed by atoms with E-state index >= 15 is 0 Å². The van der Waals surface area contributed by atoms with Gasteiger partial charge in [0.25, 0.3) is 0 Å². The third-order valence-electron chi connectivity index (χ3n) is 6.72. The fourth-order valence-corrected chi connectivity index (χ4v) is 4.80. The lowest BCUT2D eigenvalue weighted by Gasteiger charge is -2.28. The quantitative estimate of drug-likeness (QED) is 0.242. The van der Waals surface area contributed by atoms with E-state index in [4.69, 9.17) is 24.4 Å². The standard InChI is InChI=1S/C34H23N3O2/c1-5-13-24(14-6-1)31-35-32(25-15-7-2-8-16-25)37-33(36-31)26-21-22-29-30(23-26)39-34(38-29,27-17-9-3-10-18-27)28-19-11-4-12-20-28/h1-23H. The Kier molecular flexibility index (Phi) is 5.60. The lowest BCUT2D eigenvalue weighted by atomic mass is 9.97. The molecule has 0 fully saturated rings. The van der Waals surface area contributed by atoms with Crippen LogP contribution in [0.15, 0.2) is 140 Å². The van der Waals surface area contributed by atoms with Gasteiger partial charge in [-0.15, -0.1) is 0 Å². The number of nitrogens with zero attached hydrogens (tertiary/aromatic N) is 3. The Bertz CT molecular complexity index is 1650. The summed E-state index contributed by atoms with van der Waals surface area (Å²) in [5.41, 5.74) is 4.47. The zero-order chi connectivity index (χ0) is 26.1. The third kappa shape index (κ3) is 4.20. The van der Waals surface area contributed by atoms with Gasteiger partial charge in [0.15, 0.2) is 29.0 Å². The van der Waals surface area contributed by atoms with Crippen LogP contribution < -0.4 is 9.47 Å². The highest BCUT2D eigenvalue weighted by molar-refractivity contribution is 5.68. The Labute approximate surface area is 226 Å². The van der Waals surface area contributed by atoms with Crippen molar-refractivity contribution in [3.05, 3.63) is 151 Å². The molecule has 1 aliphatic rings. The average Bonchev–Trinajstić information content (AvgIpc) is 3.43. The van der Waals surface area contributed by atoms with Crippen LogP contribution in [0.3, 0.4) is 0 Å². The van der Waals surface area contributed by atoms with Crippen LogP contribution in [0.1, 0.15) is 11.1 Å². The molecule has 0 spiro atoms. The molecule has 39 heavy (non-hydrogen) atoms. The van der Waals surface area contributed by atoms with Gasteiger partial charge < -0.3 is 9.47 Å².